The molecule has 2 aromatic heterocycles. The van der Waals surface area contributed by atoms with Crippen molar-refractivity contribution in [3.63, 3.8) is 0 Å². The number of hydrogen-bond acceptors (Lipinski definition) is 6. The number of thioether (sulfide) groups is 1. The quantitative estimate of drug-likeness (QED) is 0.580. The minimum Gasteiger partial charge on any atom is -0.345 e. The van der Waals surface area contributed by atoms with E-state index in [2.05, 4.69) is 25.8 Å². The molecule has 2 heterocycles. The molecule has 9 heteroatoms. The zero-order valence-corrected chi connectivity index (χ0v) is 17.3. The summed E-state index contributed by atoms with van der Waals surface area (Å²) in [4.78, 5) is 28.6. The summed E-state index contributed by atoms with van der Waals surface area (Å²) in [7, 11) is 1.80. The van der Waals surface area contributed by atoms with Gasteiger partial charge >= 0.3 is 0 Å². The van der Waals surface area contributed by atoms with E-state index in [4.69, 9.17) is 0 Å². The molecule has 0 radical (unpaired) electrons. The summed E-state index contributed by atoms with van der Waals surface area (Å²) in [5, 5.41) is 14.4. The number of nitrogens with one attached hydrogen (secondary N) is 2. The third-order valence-electron chi connectivity index (χ3n) is 4.21. The summed E-state index contributed by atoms with van der Waals surface area (Å²) in [5.41, 5.74) is 2.52. The van der Waals surface area contributed by atoms with Gasteiger partial charge in [0.15, 0.2) is 11.0 Å². The van der Waals surface area contributed by atoms with E-state index in [1.54, 1.807) is 23.9 Å². The first-order valence-corrected chi connectivity index (χ1v) is 10.00. The van der Waals surface area contributed by atoms with Crippen LogP contribution >= 0.6 is 11.8 Å². The molecule has 0 aliphatic carbocycles. The first-order chi connectivity index (χ1) is 13.9. The van der Waals surface area contributed by atoms with Crippen molar-refractivity contribution in [3.05, 3.63) is 65.1 Å². The maximum atomic E-state index is 12.3. The van der Waals surface area contributed by atoms with Crippen molar-refractivity contribution in [2.75, 3.05) is 11.1 Å². The smallest absolute Gasteiger partial charge is 0.251 e. The van der Waals surface area contributed by atoms with Crippen LogP contribution in [0.25, 0.3) is 0 Å². The molecular formula is C20H22N6O2S. The molecule has 2 amide bonds. The number of nitrogens with zero attached hydrogens (tertiary/aromatic N) is 4. The Balaban J connectivity index is 1.53. The second kappa shape index (κ2) is 9.33. The van der Waals surface area contributed by atoms with E-state index >= 15 is 0 Å². The topological polar surface area (TPSA) is 102 Å². The zero-order chi connectivity index (χ0) is 20.8. The fourth-order valence-electron chi connectivity index (χ4n) is 2.59. The lowest BCUT2D eigenvalue weighted by molar-refractivity contribution is -0.113. The predicted octanol–water partition coefficient (Wildman–Crippen LogP) is 2.49. The van der Waals surface area contributed by atoms with Gasteiger partial charge in [-0.1, -0.05) is 35.5 Å². The summed E-state index contributed by atoms with van der Waals surface area (Å²) in [6, 6.07) is 11.1. The molecule has 0 atom stereocenters. The van der Waals surface area contributed by atoms with Crippen molar-refractivity contribution in [2.24, 2.45) is 7.05 Å². The van der Waals surface area contributed by atoms with Crippen LogP contribution in [0.15, 0.2) is 47.8 Å². The zero-order valence-electron chi connectivity index (χ0n) is 16.5. The van der Waals surface area contributed by atoms with Crippen LogP contribution in [-0.2, 0) is 18.4 Å². The maximum absolute atomic E-state index is 12.3. The number of carbonyl (C=O) groups excluding carboxylic acids is 2. The average Bonchev–Trinajstić information content (AvgIpc) is 3.06. The van der Waals surface area contributed by atoms with Gasteiger partial charge in [-0.25, -0.2) is 4.98 Å². The van der Waals surface area contributed by atoms with Crippen molar-refractivity contribution in [3.8, 4) is 0 Å². The van der Waals surface area contributed by atoms with Crippen LogP contribution < -0.4 is 10.6 Å². The van der Waals surface area contributed by atoms with Gasteiger partial charge in [-0.3, -0.25) is 9.59 Å². The Morgan fingerprint density at radius 2 is 1.97 bits per heavy atom. The molecule has 1 aromatic carbocycles. The van der Waals surface area contributed by atoms with Crippen molar-refractivity contribution in [1.82, 2.24) is 25.1 Å². The fourth-order valence-corrected chi connectivity index (χ4v) is 3.32. The van der Waals surface area contributed by atoms with Crippen molar-refractivity contribution >= 4 is 29.4 Å². The molecule has 2 N–H and O–H groups in total. The lowest BCUT2D eigenvalue weighted by atomic mass is 10.1. The van der Waals surface area contributed by atoms with Gasteiger partial charge in [-0.05, 0) is 37.6 Å². The molecule has 0 aliphatic heterocycles. The second-order valence-corrected chi connectivity index (χ2v) is 7.46. The van der Waals surface area contributed by atoms with Gasteiger partial charge in [0.2, 0.25) is 5.91 Å². The number of aryl methyl sites for hydroxylation is 2. The van der Waals surface area contributed by atoms with Gasteiger partial charge in [-0.2, -0.15) is 0 Å². The lowest BCUT2D eigenvalue weighted by Crippen LogP contribution is -2.24. The van der Waals surface area contributed by atoms with Crippen LogP contribution in [-0.4, -0.2) is 37.3 Å². The number of aromatic nitrogens is 4. The number of anilines is 1. The standard InChI is InChI=1S/C20H22N6O2S/c1-13-6-4-8-15(10-13)19(28)22-11-16-24-25-20(26(16)3)29-12-17(27)23-18-14(2)7-5-9-21-18/h4-10H,11-12H2,1-3H3,(H,22,28)(H,21,23,27). The van der Waals surface area contributed by atoms with Gasteiger partial charge in [-0.15, -0.1) is 10.2 Å². The minimum absolute atomic E-state index is 0.170. The van der Waals surface area contributed by atoms with E-state index in [1.165, 1.54) is 11.8 Å². The molecule has 0 spiro atoms. The molecular weight excluding hydrogens is 388 g/mol. The Morgan fingerprint density at radius 1 is 1.14 bits per heavy atom. The highest BCUT2D eigenvalue weighted by Gasteiger charge is 2.14. The number of pyridine rings is 1. The van der Waals surface area contributed by atoms with Gasteiger partial charge in [0.25, 0.3) is 5.91 Å². The van der Waals surface area contributed by atoms with Crippen LogP contribution in [0, 0.1) is 13.8 Å². The fraction of sp³-hybridized carbons (Fsp3) is 0.250. The minimum atomic E-state index is -0.172. The number of benzene rings is 1. The largest absolute Gasteiger partial charge is 0.345 e. The molecule has 150 valence electrons. The van der Waals surface area contributed by atoms with Gasteiger partial charge in [0.1, 0.15) is 5.82 Å². The summed E-state index contributed by atoms with van der Waals surface area (Å²) in [6.07, 6.45) is 1.63. The van der Waals surface area contributed by atoms with E-state index in [-0.39, 0.29) is 24.1 Å². The number of hydrogen-bond donors (Lipinski definition) is 2. The predicted molar refractivity (Wildman–Crippen MR) is 112 cm³/mol. The van der Waals surface area contributed by atoms with Crippen LogP contribution in [0.3, 0.4) is 0 Å². The van der Waals surface area contributed by atoms with Crippen LogP contribution in [0.1, 0.15) is 27.3 Å². The van der Waals surface area contributed by atoms with E-state index in [0.717, 1.165) is 11.1 Å². The highest BCUT2D eigenvalue weighted by atomic mass is 32.2. The van der Waals surface area contributed by atoms with E-state index in [1.807, 2.05) is 44.2 Å². The molecule has 29 heavy (non-hydrogen) atoms. The molecule has 0 saturated carbocycles. The lowest BCUT2D eigenvalue weighted by Gasteiger charge is -2.07. The van der Waals surface area contributed by atoms with E-state index < -0.39 is 0 Å². The molecule has 0 aliphatic rings. The molecule has 8 nitrogen and oxygen atoms in total. The third kappa shape index (κ3) is 5.41. The molecule has 0 saturated heterocycles. The van der Waals surface area contributed by atoms with E-state index in [9.17, 15) is 9.59 Å². The van der Waals surface area contributed by atoms with Crippen LogP contribution in [0.5, 0.6) is 0 Å². The first-order valence-electron chi connectivity index (χ1n) is 9.01. The molecule has 3 rings (SSSR count). The summed E-state index contributed by atoms with van der Waals surface area (Å²) >= 11 is 1.27. The Labute approximate surface area is 173 Å². The molecule has 0 unspecified atom stereocenters. The Hall–Kier alpha value is -3.20. The molecule has 0 bridgehead atoms. The maximum Gasteiger partial charge on any atom is 0.251 e. The highest BCUT2D eigenvalue weighted by molar-refractivity contribution is 7.99. The second-order valence-electron chi connectivity index (χ2n) is 6.52. The highest BCUT2D eigenvalue weighted by Crippen LogP contribution is 2.17. The third-order valence-corrected chi connectivity index (χ3v) is 5.23. The van der Waals surface area contributed by atoms with Crippen molar-refractivity contribution in [1.29, 1.82) is 0 Å². The van der Waals surface area contributed by atoms with Gasteiger partial charge in [0, 0.05) is 18.8 Å². The Morgan fingerprint density at radius 3 is 2.72 bits per heavy atom. The van der Waals surface area contributed by atoms with Crippen molar-refractivity contribution < 1.29 is 9.59 Å². The Bertz CT molecular complexity index is 1030. The Kier molecular flexibility index (Phi) is 6.61. The van der Waals surface area contributed by atoms with Crippen LogP contribution in [0.4, 0.5) is 5.82 Å². The van der Waals surface area contributed by atoms with Gasteiger partial charge in [0.05, 0.1) is 12.3 Å². The number of amides is 2. The number of rotatable bonds is 7. The molecule has 0 fully saturated rings. The first kappa shape index (κ1) is 20.5. The SMILES string of the molecule is Cc1cccc(C(=O)NCc2nnc(SCC(=O)Nc3ncccc3C)n2C)c1. The normalized spacial score (nSPS) is 10.6. The van der Waals surface area contributed by atoms with Gasteiger partial charge < -0.3 is 15.2 Å². The number of carbonyl (C=O) groups is 2. The summed E-state index contributed by atoms with van der Waals surface area (Å²) < 4.78 is 1.76. The van der Waals surface area contributed by atoms with E-state index in [0.29, 0.717) is 22.4 Å². The van der Waals surface area contributed by atoms with Crippen LogP contribution in [0.2, 0.25) is 0 Å². The summed E-state index contributed by atoms with van der Waals surface area (Å²) in [6.45, 7) is 4.07. The monoisotopic (exact) mass is 410 g/mol. The summed E-state index contributed by atoms with van der Waals surface area (Å²) in [5.74, 6) is 0.993. The average molecular weight is 411 g/mol. The molecule has 3 aromatic rings. The van der Waals surface area contributed by atoms with Crippen molar-refractivity contribution in [2.45, 2.75) is 25.5 Å².